The van der Waals surface area contributed by atoms with Gasteiger partial charge in [0.05, 0.1) is 41.8 Å². The van der Waals surface area contributed by atoms with Crippen molar-refractivity contribution in [1.82, 2.24) is 24.4 Å². The normalized spacial score (nSPS) is 18.8. The molecule has 0 spiro atoms. The first-order valence-electron chi connectivity index (χ1n) is 11.6. The maximum absolute atomic E-state index is 15.3. The largest absolute Gasteiger partial charge is 0.389 e. The van der Waals surface area contributed by atoms with E-state index in [1.54, 1.807) is 53.9 Å². The first kappa shape index (κ1) is 22.2. The quantitative estimate of drug-likeness (QED) is 0.456. The molecule has 174 valence electrons. The molecule has 1 aliphatic carbocycles. The molecule has 1 fully saturated rings. The van der Waals surface area contributed by atoms with E-state index in [0.717, 1.165) is 48.0 Å². The van der Waals surface area contributed by atoms with Crippen molar-refractivity contribution in [3.63, 3.8) is 0 Å². The van der Waals surface area contributed by atoms with Gasteiger partial charge in [-0.1, -0.05) is 12.1 Å². The van der Waals surface area contributed by atoms with Gasteiger partial charge in [-0.25, -0.2) is 8.91 Å². The van der Waals surface area contributed by atoms with Crippen LogP contribution in [0.1, 0.15) is 51.1 Å². The van der Waals surface area contributed by atoms with Crippen molar-refractivity contribution in [2.24, 2.45) is 5.92 Å². The van der Waals surface area contributed by atoms with E-state index >= 15 is 4.39 Å². The second-order valence-corrected chi connectivity index (χ2v) is 9.78. The molecule has 0 unspecified atom stereocenters. The summed E-state index contributed by atoms with van der Waals surface area (Å²) in [5, 5.41) is 28.0. The third-order valence-corrected chi connectivity index (χ3v) is 6.53. The minimum atomic E-state index is -0.908. The van der Waals surface area contributed by atoms with E-state index in [1.807, 2.05) is 12.3 Å². The van der Waals surface area contributed by atoms with Gasteiger partial charge >= 0.3 is 0 Å². The monoisotopic (exact) mass is 458 g/mol. The molecule has 0 radical (unpaired) electrons. The molecule has 0 atom stereocenters. The minimum absolute atomic E-state index is 0.120. The minimum Gasteiger partial charge on any atom is -0.389 e. The average molecular weight is 459 g/mol. The lowest BCUT2D eigenvalue weighted by atomic mass is 9.80. The van der Waals surface area contributed by atoms with Crippen LogP contribution < -0.4 is 0 Å². The predicted octanol–water partition coefficient (Wildman–Crippen LogP) is 4.97. The second-order valence-electron chi connectivity index (χ2n) is 9.78. The SMILES string of the molecule is CC(C)(O)Cn1cc(-c2ccc(-c3cnn4ccnc([C@H]5CC[C@@H](C#N)CC5)c34)cc2F)cn1. The molecular weight excluding hydrogens is 431 g/mol. The van der Waals surface area contributed by atoms with Crippen LogP contribution in [0.3, 0.4) is 0 Å². The summed E-state index contributed by atoms with van der Waals surface area (Å²) in [5.41, 5.74) is 3.64. The van der Waals surface area contributed by atoms with E-state index in [9.17, 15) is 10.4 Å². The summed E-state index contributed by atoms with van der Waals surface area (Å²) < 4.78 is 18.7. The van der Waals surface area contributed by atoms with Gasteiger partial charge in [-0.05, 0) is 51.2 Å². The van der Waals surface area contributed by atoms with Crippen LogP contribution in [-0.2, 0) is 6.54 Å². The Hall–Kier alpha value is -3.57. The van der Waals surface area contributed by atoms with Gasteiger partial charge in [-0.2, -0.15) is 15.5 Å². The molecule has 1 saturated carbocycles. The van der Waals surface area contributed by atoms with Crippen molar-refractivity contribution in [2.75, 3.05) is 0 Å². The summed E-state index contributed by atoms with van der Waals surface area (Å²) in [7, 11) is 0. The van der Waals surface area contributed by atoms with E-state index in [2.05, 4.69) is 16.3 Å². The zero-order valence-corrected chi connectivity index (χ0v) is 19.3. The topological polar surface area (TPSA) is 92.0 Å². The van der Waals surface area contributed by atoms with E-state index in [1.165, 1.54) is 6.07 Å². The highest BCUT2D eigenvalue weighted by molar-refractivity contribution is 5.83. The fourth-order valence-electron chi connectivity index (χ4n) is 4.88. The molecular formula is C26H27FN6O. The van der Waals surface area contributed by atoms with Gasteiger partial charge in [-0.15, -0.1) is 0 Å². The van der Waals surface area contributed by atoms with Gasteiger partial charge in [0, 0.05) is 47.1 Å². The highest BCUT2D eigenvalue weighted by atomic mass is 19.1. The lowest BCUT2D eigenvalue weighted by molar-refractivity contribution is 0.0577. The Morgan fingerprint density at radius 2 is 1.91 bits per heavy atom. The van der Waals surface area contributed by atoms with Gasteiger partial charge in [0.1, 0.15) is 5.82 Å². The van der Waals surface area contributed by atoms with Crippen LogP contribution in [0.4, 0.5) is 4.39 Å². The molecule has 0 saturated heterocycles. The molecule has 1 aliphatic rings. The Morgan fingerprint density at radius 1 is 1.12 bits per heavy atom. The molecule has 0 bridgehead atoms. The molecule has 1 N–H and O–H groups in total. The van der Waals surface area contributed by atoms with Gasteiger partial charge in [0.15, 0.2) is 0 Å². The zero-order valence-electron chi connectivity index (χ0n) is 19.3. The number of nitrogens with zero attached hydrogens (tertiary/aromatic N) is 6. The number of aromatic nitrogens is 5. The van der Waals surface area contributed by atoms with Crippen LogP contribution >= 0.6 is 0 Å². The summed E-state index contributed by atoms with van der Waals surface area (Å²) in [6, 6.07) is 7.57. The van der Waals surface area contributed by atoms with Crippen molar-refractivity contribution < 1.29 is 9.50 Å². The predicted molar refractivity (Wildman–Crippen MR) is 126 cm³/mol. The first-order valence-corrected chi connectivity index (χ1v) is 11.6. The summed E-state index contributed by atoms with van der Waals surface area (Å²) in [6.07, 6.45) is 12.3. The average Bonchev–Trinajstić information content (AvgIpc) is 3.45. The van der Waals surface area contributed by atoms with Gasteiger partial charge < -0.3 is 5.11 Å². The lowest BCUT2D eigenvalue weighted by Crippen LogP contribution is -2.26. The number of hydrogen-bond donors (Lipinski definition) is 1. The smallest absolute Gasteiger partial charge is 0.131 e. The van der Waals surface area contributed by atoms with Crippen molar-refractivity contribution in [3.8, 4) is 28.3 Å². The van der Waals surface area contributed by atoms with E-state index < -0.39 is 5.60 Å². The third-order valence-electron chi connectivity index (χ3n) is 6.53. The fraction of sp³-hybridized carbons (Fsp3) is 0.385. The number of fused-ring (bicyclic) bond motifs is 1. The highest BCUT2D eigenvalue weighted by Crippen LogP contribution is 2.39. The van der Waals surface area contributed by atoms with Crippen LogP contribution in [0.25, 0.3) is 27.8 Å². The summed E-state index contributed by atoms with van der Waals surface area (Å²) >= 11 is 0. The molecule has 0 amide bonds. The summed E-state index contributed by atoms with van der Waals surface area (Å²) in [4.78, 5) is 4.69. The Kier molecular flexibility index (Phi) is 5.66. The van der Waals surface area contributed by atoms with Gasteiger partial charge in [0.25, 0.3) is 0 Å². The van der Waals surface area contributed by atoms with E-state index in [4.69, 9.17) is 4.98 Å². The summed E-state index contributed by atoms with van der Waals surface area (Å²) in [5.74, 6) is 0.0314. The van der Waals surface area contributed by atoms with Crippen LogP contribution in [-0.4, -0.2) is 35.1 Å². The number of benzene rings is 1. The standard InChI is InChI=1S/C26H27FN6O/c1-26(2,34)16-32-15-20(13-30-32)21-8-7-19(11-23(21)27)22-14-31-33-10-9-29-24(25(22)33)18-5-3-17(12-28)4-6-18/h7-11,13-15,17-18,34H,3-6,16H2,1-2H3/t17-,18+. The number of aliphatic hydroxyl groups is 1. The van der Waals surface area contributed by atoms with Crippen LogP contribution in [0.2, 0.25) is 0 Å². The van der Waals surface area contributed by atoms with Gasteiger partial charge in [-0.3, -0.25) is 9.67 Å². The Morgan fingerprint density at radius 3 is 2.62 bits per heavy atom. The number of hydrogen-bond acceptors (Lipinski definition) is 5. The molecule has 7 nitrogen and oxygen atoms in total. The van der Waals surface area contributed by atoms with E-state index in [0.29, 0.717) is 17.7 Å². The molecule has 8 heteroatoms. The van der Waals surface area contributed by atoms with Crippen molar-refractivity contribution >= 4 is 5.52 Å². The number of halogens is 1. The number of rotatable bonds is 5. The van der Waals surface area contributed by atoms with Crippen LogP contribution in [0, 0.1) is 23.1 Å². The van der Waals surface area contributed by atoms with Crippen molar-refractivity contribution in [1.29, 1.82) is 5.26 Å². The zero-order chi connectivity index (χ0) is 23.9. The van der Waals surface area contributed by atoms with Crippen molar-refractivity contribution in [3.05, 3.63) is 60.7 Å². The molecule has 5 rings (SSSR count). The third kappa shape index (κ3) is 4.31. The van der Waals surface area contributed by atoms with E-state index in [-0.39, 0.29) is 17.7 Å². The fourth-order valence-corrected chi connectivity index (χ4v) is 4.88. The lowest BCUT2D eigenvalue weighted by Gasteiger charge is -2.25. The molecule has 34 heavy (non-hydrogen) atoms. The molecule has 4 aromatic rings. The Balaban J connectivity index is 1.48. The van der Waals surface area contributed by atoms with Gasteiger partial charge in [0.2, 0.25) is 0 Å². The van der Waals surface area contributed by atoms with Crippen molar-refractivity contribution in [2.45, 2.75) is 57.6 Å². The molecule has 3 aromatic heterocycles. The van der Waals surface area contributed by atoms with Crippen LogP contribution in [0.5, 0.6) is 0 Å². The van der Waals surface area contributed by atoms with Crippen LogP contribution in [0.15, 0.2) is 49.2 Å². The first-order chi connectivity index (χ1) is 16.3. The Labute approximate surface area is 197 Å². The second kappa shape index (κ2) is 8.65. The molecule has 0 aliphatic heterocycles. The highest BCUT2D eigenvalue weighted by Gasteiger charge is 2.26. The molecule has 3 heterocycles. The summed E-state index contributed by atoms with van der Waals surface area (Å²) in [6.45, 7) is 3.73. The number of nitriles is 1. The maximum Gasteiger partial charge on any atom is 0.131 e. The maximum atomic E-state index is 15.3. The molecule has 1 aromatic carbocycles. The Bertz CT molecular complexity index is 1370.